The van der Waals surface area contributed by atoms with E-state index in [-0.39, 0.29) is 21.9 Å². The maximum Gasteiger partial charge on any atom is 0.341 e. The Morgan fingerprint density at radius 3 is 2.71 bits per heavy atom. The highest BCUT2D eigenvalue weighted by atomic mass is 32.2. The number of hydrogen-bond donors (Lipinski definition) is 1. The number of thiazole rings is 1. The van der Waals surface area contributed by atoms with Gasteiger partial charge in [-0.1, -0.05) is 29.4 Å². The Balaban J connectivity index is 1.49. The molecule has 0 bridgehead atoms. The predicted octanol–water partition coefficient (Wildman–Crippen LogP) is 2.15. The first-order chi connectivity index (χ1) is 16.7. The molecule has 0 spiro atoms. The molecule has 0 aliphatic heterocycles. The highest BCUT2D eigenvalue weighted by Gasteiger charge is 2.29. The van der Waals surface area contributed by atoms with Gasteiger partial charge in [0.2, 0.25) is 5.91 Å². The van der Waals surface area contributed by atoms with Crippen molar-refractivity contribution in [1.82, 2.24) is 4.57 Å². The Kier molecular flexibility index (Phi) is 7.20. The monoisotopic (exact) mass is 531 g/mol. The van der Waals surface area contributed by atoms with E-state index < -0.39 is 39.1 Å². The second-order valence-corrected chi connectivity index (χ2v) is 12.0. The number of anilines is 1. The third kappa shape index (κ3) is 5.37. The number of terminal acetylenes is 1. The minimum absolute atomic E-state index is 0.165. The molecule has 0 saturated carbocycles. The number of fused-ring (bicyclic) bond motifs is 2. The fourth-order valence-electron chi connectivity index (χ4n) is 3.90. The van der Waals surface area contributed by atoms with Gasteiger partial charge in [0.05, 0.1) is 29.4 Å². The molecule has 0 fully saturated rings. The van der Waals surface area contributed by atoms with Crippen molar-refractivity contribution in [3.63, 3.8) is 0 Å². The lowest BCUT2D eigenvalue weighted by Crippen LogP contribution is -2.28. The van der Waals surface area contributed by atoms with E-state index in [0.717, 1.165) is 33.5 Å². The lowest BCUT2D eigenvalue weighted by Gasteiger charge is -2.07. The quantitative estimate of drug-likeness (QED) is 0.368. The summed E-state index contributed by atoms with van der Waals surface area (Å²) in [5.41, 5.74) is 1.88. The van der Waals surface area contributed by atoms with Gasteiger partial charge in [0.15, 0.2) is 14.6 Å². The summed E-state index contributed by atoms with van der Waals surface area (Å²) in [5, 5.41) is 2.77. The van der Waals surface area contributed by atoms with Gasteiger partial charge in [-0.2, -0.15) is 4.99 Å². The van der Waals surface area contributed by atoms with Crippen LogP contribution in [0.1, 0.15) is 27.2 Å². The first kappa shape index (κ1) is 24.8. The number of ether oxygens (including phenoxy) is 1. The lowest BCUT2D eigenvalue weighted by molar-refractivity contribution is -0.115. The average molecular weight is 532 g/mol. The van der Waals surface area contributed by atoms with E-state index in [2.05, 4.69) is 16.2 Å². The smallest absolute Gasteiger partial charge is 0.341 e. The standard InChI is InChI=1S/C23H21N3O6S3/c1-3-11-26-15-8-4-5-9-17(15)34-23(26)25-19(28)13-35(30,31)12-18(27)24-21-20(22(29)32-2)14-7-6-10-16(14)33-21/h1,4-5,8-9H,6-7,10-13H2,2H3,(H,24,27). The van der Waals surface area contributed by atoms with Gasteiger partial charge in [-0.05, 0) is 37.0 Å². The highest BCUT2D eigenvalue weighted by Crippen LogP contribution is 2.39. The summed E-state index contributed by atoms with van der Waals surface area (Å²) in [6.45, 7) is 0.165. The number of benzene rings is 1. The fraction of sp³-hybridized carbons (Fsp3) is 0.304. The minimum atomic E-state index is -4.12. The van der Waals surface area contributed by atoms with E-state index in [1.807, 2.05) is 24.3 Å². The molecular weight excluding hydrogens is 510 g/mol. The van der Waals surface area contributed by atoms with Crippen molar-refractivity contribution in [2.75, 3.05) is 23.9 Å². The summed E-state index contributed by atoms with van der Waals surface area (Å²) in [6.07, 6.45) is 7.81. The third-order valence-corrected chi connectivity index (χ3v) is 8.97. The number of nitrogens with zero attached hydrogens (tertiary/aromatic N) is 2. The van der Waals surface area contributed by atoms with E-state index in [9.17, 15) is 22.8 Å². The molecule has 2 aromatic heterocycles. The lowest BCUT2D eigenvalue weighted by atomic mass is 10.1. The van der Waals surface area contributed by atoms with Crippen LogP contribution >= 0.6 is 22.7 Å². The van der Waals surface area contributed by atoms with Gasteiger partial charge in [-0.25, -0.2) is 13.2 Å². The molecule has 0 atom stereocenters. The Morgan fingerprint density at radius 1 is 1.20 bits per heavy atom. The number of rotatable bonds is 7. The van der Waals surface area contributed by atoms with Crippen LogP contribution in [0.3, 0.4) is 0 Å². The predicted molar refractivity (Wildman–Crippen MR) is 134 cm³/mol. The summed E-state index contributed by atoms with van der Waals surface area (Å²) >= 11 is 2.45. The number of sulfone groups is 1. The number of methoxy groups -OCH3 is 1. The van der Waals surface area contributed by atoms with Gasteiger partial charge >= 0.3 is 5.97 Å². The van der Waals surface area contributed by atoms with Crippen molar-refractivity contribution in [3.8, 4) is 12.3 Å². The van der Waals surface area contributed by atoms with E-state index in [1.165, 1.54) is 29.8 Å². The van der Waals surface area contributed by atoms with Crippen LogP contribution in [0.4, 0.5) is 5.00 Å². The van der Waals surface area contributed by atoms with Gasteiger partial charge in [-0.3, -0.25) is 9.59 Å². The number of aromatic nitrogens is 1. The van der Waals surface area contributed by atoms with Crippen LogP contribution in [0.5, 0.6) is 0 Å². The molecular formula is C23H21N3O6S3. The van der Waals surface area contributed by atoms with Crippen LogP contribution in [-0.2, 0) is 43.5 Å². The number of para-hydroxylation sites is 1. The van der Waals surface area contributed by atoms with Crippen LogP contribution in [0, 0.1) is 12.3 Å². The van der Waals surface area contributed by atoms with E-state index in [1.54, 1.807) is 4.57 Å². The van der Waals surface area contributed by atoms with Crippen LogP contribution in [-0.4, -0.2) is 49.4 Å². The summed E-state index contributed by atoms with van der Waals surface area (Å²) in [4.78, 5) is 42.4. The van der Waals surface area contributed by atoms with Gasteiger partial charge < -0.3 is 14.6 Å². The maximum absolute atomic E-state index is 12.6. The van der Waals surface area contributed by atoms with E-state index in [0.29, 0.717) is 6.42 Å². The topological polar surface area (TPSA) is 124 Å². The summed E-state index contributed by atoms with van der Waals surface area (Å²) in [5.74, 6) is -1.68. The van der Waals surface area contributed by atoms with E-state index >= 15 is 0 Å². The van der Waals surface area contributed by atoms with E-state index in [4.69, 9.17) is 11.2 Å². The molecule has 0 saturated heterocycles. The molecule has 3 aromatic rings. The molecule has 35 heavy (non-hydrogen) atoms. The zero-order valence-corrected chi connectivity index (χ0v) is 21.1. The van der Waals surface area contributed by atoms with Crippen LogP contribution < -0.4 is 10.1 Å². The molecule has 1 aromatic carbocycles. The summed E-state index contributed by atoms with van der Waals surface area (Å²) < 4.78 is 32.5. The second-order valence-electron chi connectivity index (χ2n) is 7.78. The third-order valence-electron chi connectivity index (χ3n) is 5.32. The molecule has 4 rings (SSSR count). The van der Waals surface area contributed by atoms with Crippen molar-refractivity contribution in [2.45, 2.75) is 25.8 Å². The number of nitrogens with one attached hydrogen (secondary N) is 1. The Bertz CT molecular complexity index is 1550. The number of thiophene rings is 1. The van der Waals surface area contributed by atoms with Gasteiger partial charge in [0.1, 0.15) is 16.5 Å². The zero-order chi connectivity index (χ0) is 25.2. The second kappa shape index (κ2) is 10.2. The number of carbonyl (C=O) groups is 3. The largest absolute Gasteiger partial charge is 0.465 e. The van der Waals surface area contributed by atoms with Crippen molar-refractivity contribution in [1.29, 1.82) is 0 Å². The van der Waals surface area contributed by atoms with Crippen LogP contribution in [0.15, 0.2) is 29.3 Å². The van der Waals surface area contributed by atoms with Crippen molar-refractivity contribution in [3.05, 3.63) is 45.1 Å². The summed E-state index contributed by atoms with van der Waals surface area (Å²) in [6, 6.07) is 7.34. The molecule has 182 valence electrons. The highest BCUT2D eigenvalue weighted by molar-refractivity contribution is 7.92. The van der Waals surface area contributed by atoms with Gasteiger partial charge in [0.25, 0.3) is 5.91 Å². The molecule has 2 amide bonds. The first-order valence-electron chi connectivity index (χ1n) is 10.5. The number of amides is 2. The molecule has 1 aliphatic carbocycles. The molecule has 1 aliphatic rings. The zero-order valence-electron chi connectivity index (χ0n) is 18.7. The maximum atomic E-state index is 12.6. The number of hydrogen-bond acceptors (Lipinski definition) is 8. The molecule has 0 radical (unpaired) electrons. The normalized spacial score (nSPS) is 13.4. The Labute approximate surface area is 209 Å². The SMILES string of the molecule is C#CCn1c(=NC(=O)CS(=O)(=O)CC(=O)Nc2sc3c(c2C(=O)OC)CCC3)sc2ccccc21. The van der Waals surface area contributed by atoms with Crippen LogP contribution in [0.25, 0.3) is 10.2 Å². The molecule has 2 heterocycles. The van der Waals surface area contributed by atoms with Crippen molar-refractivity contribution < 1.29 is 27.5 Å². The molecule has 12 heteroatoms. The first-order valence-corrected chi connectivity index (χ1v) is 14.0. The van der Waals surface area contributed by atoms with Gasteiger partial charge in [0, 0.05) is 4.88 Å². The van der Waals surface area contributed by atoms with Gasteiger partial charge in [-0.15, -0.1) is 17.8 Å². The fourth-order valence-corrected chi connectivity index (χ4v) is 7.26. The summed E-state index contributed by atoms with van der Waals surface area (Å²) in [7, 11) is -2.87. The molecule has 9 nitrogen and oxygen atoms in total. The molecule has 0 unspecified atom stereocenters. The Morgan fingerprint density at radius 2 is 1.97 bits per heavy atom. The van der Waals surface area contributed by atoms with Crippen molar-refractivity contribution >= 4 is 65.5 Å². The minimum Gasteiger partial charge on any atom is -0.465 e. The Hall–Kier alpha value is -3.27. The van der Waals surface area contributed by atoms with Crippen molar-refractivity contribution in [2.24, 2.45) is 4.99 Å². The van der Waals surface area contributed by atoms with Crippen LogP contribution in [0.2, 0.25) is 0 Å². The molecule has 1 N–H and O–H groups in total. The average Bonchev–Trinajstić information content (AvgIpc) is 3.46. The number of esters is 1. The number of aryl methyl sites for hydroxylation is 1. The number of carbonyl (C=O) groups excluding carboxylic acids is 3.